The molecule has 0 fully saturated rings. The van der Waals surface area contributed by atoms with E-state index in [1.807, 2.05) is 24.3 Å². The molecule has 3 atom stereocenters. The Morgan fingerprint density at radius 2 is 2.00 bits per heavy atom. The molecule has 0 heterocycles. The van der Waals surface area contributed by atoms with Crippen molar-refractivity contribution in [3.8, 4) is 0 Å². The molecule has 0 aromatic heterocycles. The standard InChI is InChI=1S/C16H26N2O4/c1-11(17-15(21)22-16(2,3)4)14(20)18-13(10-19)12-8-6-5-7-9-12/h5-8,11-13,19H,9-10H2,1-4H3,(H,17,21)(H,18,20)/t11-,12?,13-/m1/s1. The van der Waals surface area contributed by atoms with Crippen LogP contribution in [0.15, 0.2) is 24.3 Å². The molecule has 22 heavy (non-hydrogen) atoms. The highest BCUT2D eigenvalue weighted by molar-refractivity contribution is 5.85. The molecule has 0 spiro atoms. The molecule has 0 aromatic rings. The summed E-state index contributed by atoms with van der Waals surface area (Å²) in [7, 11) is 0. The molecule has 1 aliphatic rings. The average molecular weight is 310 g/mol. The molecule has 0 bridgehead atoms. The van der Waals surface area contributed by atoms with Crippen molar-refractivity contribution in [3.63, 3.8) is 0 Å². The van der Waals surface area contributed by atoms with Gasteiger partial charge in [0.1, 0.15) is 11.6 Å². The quantitative estimate of drug-likeness (QED) is 0.718. The maximum atomic E-state index is 12.1. The molecule has 1 aliphatic carbocycles. The molecular formula is C16H26N2O4. The molecule has 6 heteroatoms. The van der Waals surface area contributed by atoms with Gasteiger partial charge in [0.25, 0.3) is 0 Å². The van der Waals surface area contributed by atoms with E-state index in [1.165, 1.54) is 0 Å². The zero-order chi connectivity index (χ0) is 16.8. The van der Waals surface area contributed by atoms with Gasteiger partial charge in [0.05, 0.1) is 12.6 Å². The molecule has 0 aliphatic heterocycles. The number of carbonyl (C=O) groups is 2. The monoisotopic (exact) mass is 310 g/mol. The van der Waals surface area contributed by atoms with Gasteiger partial charge in [-0.15, -0.1) is 0 Å². The van der Waals surface area contributed by atoms with Crippen molar-refractivity contribution in [1.82, 2.24) is 10.6 Å². The van der Waals surface area contributed by atoms with Crippen LogP contribution in [0.3, 0.4) is 0 Å². The number of aliphatic hydroxyl groups excluding tert-OH is 1. The Morgan fingerprint density at radius 3 is 2.50 bits per heavy atom. The lowest BCUT2D eigenvalue weighted by Crippen LogP contribution is -2.51. The predicted molar refractivity (Wildman–Crippen MR) is 84.2 cm³/mol. The van der Waals surface area contributed by atoms with Crippen molar-refractivity contribution in [2.75, 3.05) is 6.61 Å². The van der Waals surface area contributed by atoms with Crippen LogP contribution in [0.1, 0.15) is 34.1 Å². The lowest BCUT2D eigenvalue weighted by Gasteiger charge is -2.26. The SMILES string of the molecule is C[C@@H](NC(=O)OC(C)(C)C)C(=O)N[C@H](CO)C1C=CC=CC1. The minimum atomic E-state index is -0.744. The molecule has 1 unspecified atom stereocenters. The Bertz CT molecular complexity index is 452. The topological polar surface area (TPSA) is 87.7 Å². The van der Waals surface area contributed by atoms with Crippen molar-refractivity contribution in [3.05, 3.63) is 24.3 Å². The molecule has 0 saturated carbocycles. The molecule has 0 saturated heterocycles. The number of ether oxygens (including phenoxy) is 1. The Labute approximate surface area is 131 Å². The van der Waals surface area contributed by atoms with E-state index >= 15 is 0 Å². The van der Waals surface area contributed by atoms with Crippen LogP contribution >= 0.6 is 0 Å². The molecule has 2 amide bonds. The third kappa shape index (κ3) is 6.30. The fourth-order valence-corrected chi connectivity index (χ4v) is 2.04. The fourth-order valence-electron chi connectivity index (χ4n) is 2.04. The largest absolute Gasteiger partial charge is 0.444 e. The minimum Gasteiger partial charge on any atom is -0.444 e. The molecule has 1 rings (SSSR count). The third-order valence-electron chi connectivity index (χ3n) is 3.18. The predicted octanol–water partition coefficient (Wildman–Crippen LogP) is 1.51. The summed E-state index contributed by atoms with van der Waals surface area (Å²) in [6.45, 7) is 6.67. The average Bonchev–Trinajstić information content (AvgIpc) is 2.43. The molecule has 3 N–H and O–H groups in total. The summed E-state index contributed by atoms with van der Waals surface area (Å²) in [5.41, 5.74) is -0.618. The minimum absolute atomic E-state index is 0.0488. The van der Waals surface area contributed by atoms with Crippen molar-refractivity contribution in [1.29, 1.82) is 0 Å². The summed E-state index contributed by atoms with van der Waals surface area (Å²) >= 11 is 0. The van der Waals surface area contributed by atoms with Crippen LogP contribution in [0.2, 0.25) is 0 Å². The van der Waals surface area contributed by atoms with Gasteiger partial charge in [-0.1, -0.05) is 24.3 Å². The van der Waals surface area contributed by atoms with Gasteiger partial charge in [-0.2, -0.15) is 0 Å². The van der Waals surface area contributed by atoms with E-state index in [1.54, 1.807) is 27.7 Å². The lowest BCUT2D eigenvalue weighted by atomic mass is 9.93. The highest BCUT2D eigenvalue weighted by atomic mass is 16.6. The van der Waals surface area contributed by atoms with Gasteiger partial charge in [0, 0.05) is 5.92 Å². The van der Waals surface area contributed by atoms with Crippen LogP contribution in [-0.4, -0.2) is 41.4 Å². The van der Waals surface area contributed by atoms with E-state index in [-0.39, 0.29) is 24.5 Å². The first-order valence-electron chi connectivity index (χ1n) is 7.47. The van der Waals surface area contributed by atoms with E-state index in [0.717, 1.165) is 6.42 Å². The van der Waals surface area contributed by atoms with Gasteiger partial charge < -0.3 is 20.5 Å². The number of hydrogen-bond donors (Lipinski definition) is 3. The first-order chi connectivity index (χ1) is 10.2. The van der Waals surface area contributed by atoms with E-state index < -0.39 is 17.7 Å². The smallest absolute Gasteiger partial charge is 0.408 e. The number of alkyl carbamates (subject to hydrolysis) is 1. The summed E-state index contributed by atoms with van der Waals surface area (Å²) in [5, 5.41) is 14.7. The second kappa shape index (κ2) is 7.98. The summed E-state index contributed by atoms with van der Waals surface area (Å²) in [6, 6.07) is -1.12. The van der Waals surface area contributed by atoms with Gasteiger partial charge in [-0.25, -0.2) is 4.79 Å². The summed E-state index contributed by atoms with van der Waals surface area (Å²) in [6.07, 6.45) is 7.88. The maximum Gasteiger partial charge on any atom is 0.408 e. The van der Waals surface area contributed by atoms with Gasteiger partial charge in [-0.05, 0) is 34.1 Å². The zero-order valence-electron chi connectivity index (χ0n) is 13.6. The number of aliphatic hydroxyl groups is 1. The number of amides is 2. The van der Waals surface area contributed by atoms with E-state index in [0.29, 0.717) is 0 Å². The van der Waals surface area contributed by atoms with Crippen LogP contribution in [-0.2, 0) is 9.53 Å². The van der Waals surface area contributed by atoms with Gasteiger partial charge in [-0.3, -0.25) is 4.79 Å². The molecule has 0 radical (unpaired) electrons. The number of hydrogen-bond acceptors (Lipinski definition) is 4. The zero-order valence-corrected chi connectivity index (χ0v) is 13.6. The Kier molecular flexibility index (Phi) is 6.61. The molecule has 6 nitrogen and oxygen atoms in total. The second-order valence-electron chi connectivity index (χ2n) is 6.38. The van der Waals surface area contributed by atoms with E-state index in [4.69, 9.17) is 4.74 Å². The normalized spacial score (nSPS) is 20.1. The van der Waals surface area contributed by atoms with Gasteiger partial charge in [0.15, 0.2) is 0 Å². The van der Waals surface area contributed by atoms with Crippen molar-refractivity contribution in [2.24, 2.45) is 5.92 Å². The highest BCUT2D eigenvalue weighted by Gasteiger charge is 2.25. The van der Waals surface area contributed by atoms with Crippen LogP contribution in [0.5, 0.6) is 0 Å². The van der Waals surface area contributed by atoms with E-state index in [9.17, 15) is 14.7 Å². The highest BCUT2D eigenvalue weighted by Crippen LogP contribution is 2.16. The molecule has 124 valence electrons. The first kappa shape index (κ1) is 18.2. The summed E-state index contributed by atoms with van der Waals surface area (Å²) in [5.74, 6) is -0.305. The van der Waals surface area contributed by atoms with Crippen molar-refractivity contribution >= 4 is 12.0 Å². The fraction of sp³-hybridized carbons (Fsp3) is 0.625. The van der Waals surface area contributed by atoms with Crippen LogP contribution in [0, 0.1) is 5.92 Å². The van der Waals surface area contributed by atoms with Crippen molar-refractivity contribution < 1.29 is 19.4 Å². The maximum absolute atomic E-state index is 12.1. The molecular weight excluding hydrogens is 284 g/mol. The van der Waals surface area contributed by atoms with E-state index in [2.05, 4.69) is 10.6 Å². The van der Waals surface area contributed by atoms with Gasteiger partial charge >= 0.3 is 6.09 Å². The third-order valence-corrected chi connectivity index (χ3v) is 3.18. The number of rotatable bonds is 5. The van der Waals surface area contributed by atoms with Crippen LogP contribution in [0.25, 0.3) is 0 Å². The second-order valence-corrected chi connectivity index (χ2v) is 6.38. The Hall–Kier alpha value is -1.82. The number of nitrogens with one attached hydrogen (secondary N) is 2. The Morgan fingerprint density at radius 1 is 1.32 bits per heavy atom. The Balaban J connectivity index is 2.50. The lowest BCUT2D eigenvalue weighted by molar-refractivity contribution is -0.124. The number of allylic oxidation sites excluding steroid dienone is 3. The van der Waals surface area contributed by atoms with Crippen LogP contribution in [0.4, 0.5) is 4.79 Å². The first-order valence-corrected chi connectivity index (χ1v) is 7.47. The summed E-state index contributed by atoms with van der Waals surface area (Å²) in [4.78, 5) is 23.8. The number of carbonyl (C=O) groups excluding carboxylic acids is 2. The summed E-state index contributed by atoms with van der Waals surface area (Å²) < 4.78 is 5.11. The molecule has 0 aromatic carbocycles. The van der Waals surface area contributed by atoms with Gasteiger partial charge in [0.2, 0.25) is 5.91 Å². The van der Waals surface area contributed by atoms with Crippen LogP contribution < -0.4 is 10.6 Å². The van der Waals surface area contributed by atoms with Crippen molar-refractivity contribution in [2.45, 2.75) is 51.8 Å².